The van der Waals surface area contributed by atoms with Crippen molar-refractivity contribution in [2.24, 2.45) is 5.92 Å². The Labute approximate surface area is 95.7 Å². The number of Topliss-reactive ketones (excluding diaryl/α,β-unsaturated/α-hetero) is 1. The first-order chi connectivity index (χ1) is 7.56. The Morgan fingerprint density at radius 3 is 2.50 bits per heavy atom. The van der Waals surface area contributed by atoms with Crippen LogP contribution in [0.2, 0.25) is 0 Å². The van der Waals surface area contributed by atoms with Crippen molar-refractivity contribution >= 4 is 5.78 Å². The number of carbonyl (C=O) groups is 1. The number of ketones is 1. The summed E-state index contributed by atoms with van der Waals surface area (Å²) in [6, 6.07) is 6.51. The highest BCUT2D eigenvalue weighted by molar-refractivity contribution is 5.92. The van der Waals surface area contributed by atoms with Gasteiger partial charge in [-0.1, -0.05) is 32.4 Å². The Balaban J connectivity index is 2.39. The predicted octanol–water partition coefficient (Wildman–Crippen LogP) is 3.47. The van der Waals surface area contributed by atoms with E-state index in [4.69, 9.17) is 0 Å². The molecule has 0 spiro atoms. The average Bonchev–Trinajstić information content (AvgIpc) is 2.15. The van der Waals surface area contributed by atoms with Crippen LogP contribution in [-0.2, 0) is 10.2 Å². The molecule has 0 heterocycles. The minimum atomic E-state index is -0.393. The number of hydrogen-bond acceptors (Lipinski definition) is 1. The second kappa shape index (κ2) is 4.00. The molecule has 16 heavy (non-hydrogen) atoms. The van der Waals surface area contributed by atoms with Gasteiger partial charge in [0.25, 0.3) is 0 Å². The topological polar surface area (TPSA) is 17.1 Å². The maximum atomic E-state index is 13.2. The first-order valence-corrected chi connectivity index (χ1v) is 5.86. The summed E-state index contributed by atoms with van der Waals surface area (Å²) in [7, 11) is 0. The largest absolute Gasteiger partial charge is 0.298 e. The van der Waals surface area contributed by atoms with E-state index in [1.165, 1.54) is 12.1 Å². The standard InChI is InChI=1S/C14H17FO/c1-10(2)13(16)14(7-4-8-14)11-5-3-6-12(15)9-11/h3,5-6,9-10H,4,7-8H2,1-2H3. The number of hydrogen-bond donors (Lipinski definition) is 0. The SMILES string of the molecule is CC(C)C(=O)C1(c2cccc(F)c2)CCC1. The zero-order valence-corrected chi connectivity index (χ0v) is 9.79. The Kier molecular flexibility index (Phi) is 2.83. The first kappa shape index (κ1) is 11.3. The first-order valence-electron chi connectivity index (χ1n) is 5.86. The van der Waals surface area contributed by atoms with Crippen molar-refractivity contribution < 1.29 is 9.18 Å². The van der Waals surface area contributed by atoms with Crippen LogP contribution in [-0.4, -0.2) is 5.78 Å². The Morgan fingerprint density at radius 1 is 1.38 bits per heavy atom. The van der Waals surface area contributed by atoms with Crippen LogP contribution < -0.4 is 0 Å². The van der Waals surface area contributed by atoms with Crippen molar-refractivity contribution in [3.05, 3.63) is 35.6 Å². The van der Waals surface area contributed by atoms with Gasteiger partial charge in [0.05, 0.1) is 5.41 Å². The van der Waals surface area contributed by atoms with E-state index in [1.54, 1.807) is 6.07 Å². The third kappa shape index (κ3) is 1.66. The lowest BCUT2D eigenvalue weighted by Gasteiger charge is -2.42. The molecule has 1 aliphatic rings. The molecule has 1 fully saturated rings. The normalized spacial score (nSPS) is 18.2. The third-order valence-electron chi connectivity index (χ3n) is 3.58. The fourth-order valence-electron chi connectivity index (χ4n) is 2.55. The molecule has 0 unspecified atom stereocenters. The molecule has 1 aliphatic carbocycles. The summed E-state index contributed by atoms with van der Waals surface area (Å²) in [5.74, 6) is 0.0215. The van der Waals surface area contributed by atoms with E-state index >= 15 is 0 Å². The zero-order chi connectivity index (χ0) is 11.8. The summed E-state index contributed by atoms with van der Waals surface area (Å²) in [5, 5.41) is 0. The van der Waals surface area contributed by atoms with Crippen LogP contribution in [0, 0.1) is 11.7 Å². The van der Waals surface area contributed by atoms with Crippen LogP contribution >= 0.6 is 0 Å². The molecule has 2 rings (SSSR count). The van der Waals surface area contributed by atoms with Gasteiger partial charge in [-0.2, -0.15) is 0 Å². The highest BCUT2D eigenvalue weighted by atomic mass is 19.1. The summed E-state index contributed by atoms with van der Waals surface area (Å²) < 4.78 is 13.2. The number of halogens is 1. The molecule has 1 nitrogen and oxygen atoms in total. The van der Waals surface area contributed by atoms with Crippen molar-refractivity contribution in [2.75, 3.05) is 0 Å². The maximum Gasteiger partial charge on any atom is 0.145 e. The molecule has 0 aromatic heterocycles. The number of carbonyl (C=O) groups excluding carboxylic acids is 1. The predicted molar refractivity (Wildman–Crippen MR) is 61.8 cm³/mol. The zero-order valence-electron chi connectivity index (χ0n) is 9.79. The van der Waals surface area contributed by atoms with Crippen LogP contribution in [0.5, 0.6) is 0 Å². The summed E-state index contributed by atoms with van der Waals surface area (Å²) in [6.07, 6.45) is 2.80. The second-order valence-electron chi connectivity index (χ2n) is 4.96. The van der Waals surface area contributed by atoms with Gasteiger partial charge in [0.1, 0.15) is 11.6 Å². The number of rotatable bonds is 3. The molecule has 0 amide bonds. The highest BCUT2D eigenvalue weighted by Gasteiger charge is 2.45. The summed E-state index contributed by atoms with van der Waals surface area (Å²) in [4.78, 5) is 12.2. The molecule has 86 valence electrons. The van der Waals surface area contributed by atoms with E-state index < -0.39 is 5.41 Å². The van der Waals surface area contributed by atoms with E-state index in [0.29, 0.717) is 0 Å². The molecule has 0 atom stereocenters. The summed E-state index contributed by atoms with van der Waals surface area (Å²) >= 11 is 0. The van der Waals surface area contributed by atoms with Gasteiger partial charge in [-0.05, 0) is 30.5 Å². The van der Waals surface area contributed by atoms with Gasteiger partial charge >= 0.3 is 0 Å². The van der Waals surface area contributed by atoms with Crippen LogP contribution in [0.1, 0.15) is 38.7 Å². The Hall–Kier alpha value is -1.18. The maximum absolute atomic E-state index is 13.2. The van der Waals surface area contributed by atoms with Crippen molar-refractivity contribution in [2.45, 2.75) is 38.5 Å². The molecular weight excluding hydrogens is 203 g/mol. The lowest BCUT2D eigenvalue weighted by atomic mass is 9.60. The molecule has 1 aromatic rings. The molecular formula is C14H17FO. The number of benzene rings is 1. The van der Waals surface area contributed by atoms with E-state index in [9.17, 15) is 9.18 Å². The fraction of sp³-hybridized carbons (Fsp3) is 0.500. The van der Waals surface area contributed by atoms with Gasteiger partial charge in [-0.3, -0.25) is 4.79 Å². The van der Waals surface area contributed by atoms with E-state index in [0.717, 1.165) is 24.8 Å². The monoisotopic (exact) mass is 220 g/mol. The van der Waals surface area contributed by atoms with Crippen molar-refractivity contribution in [1.29, 1.82) is 0 Å². The molecule has 1 saturated carbocycles. The second-order valence-corrected chi connectivity index (χ2v) is 4.96. The highest BCUT2D eigenvalue weighted by Crippen LogP contribution is 2.46. The van der Waals surface area contributed by atoms with E-state index in [-0.39, 0.29) is 17.5 Å². The fourth-order valence-corrected chi connectivity index (χ4v) is 2.55. The van der Waals surface area contributed by atoms with Crippen LogP contribution in [0.25, 0.3) is 0 Å². The van der Waals surface area contributed by atoms with Gasteiger partial charge in [0.2, 0.25) is 0 Å². The van der Waals surface area contributed by atoms with Crippen molar-refractivity contribution in [1.82, 2.24) is 0 Å². The third-order valence-corrected chi connectivity index (χ3v) is 3.58. The van der Waals surface area contributed by atoms with Crippen LogP contribution in [0.15, 0.2) is 24.3 Å². The van der Waals surface area contributed by atoms with Crippen molar-refractivity contribution in [3.63, 3.8) is 0 Å². The lowest BCUT2D eigenvalue weighted by molar-refractivity contribution is -0.130. The summed E-state index contributed by atoms with van der Waals surface area (Å²) in [5.41, 5.74) is 0.466. The quantitative estimate of drug-likeness (QED) is 0.762. The molecule has 2 heteroatoms. The minimum absolute atomic E-state index is 0.0172. The lowest BCUT2D eigenvalue weighted by Crippen LogP contribution is -2.44. The minimum Gasteiger partial charge on any atom is -0.298 e. The Bertz CT molecular complexity index is 405. The molecule has 0 bridgehead atoms. The summed E-state index contributed by atoms with van der Waals surface area (Å²) in [6.45, 7) is 3.84. The average molecular weight is 220 g/mol. The van der Waals surface area contributed by atoms with Gasteiger partial charge in [-0.15, -0.1) is 0 Å². The molecule has 0 N–H and O–H groups in total. The van der Waals surface area contributed by atoms with Crippen LogP contribution in [0.3, 0.4) is 0 Å². The molecule has 1 aromatic carbocycles. The molecule has 0 saturated heterocycles. The van der Waals surface area contributed by atoms with Crippen LogP contribution in [0.4, 0.5) is 4.39 Å². The van der Waals surface area contributed by atoms with Gasteiger partial charge in [0.15, 0.2) is 0 Å². The van der Waals surface area contributed by atoms with Crippen molar-refractivity contribution in [3.8, 4) is 0 Å². The van der Waals surface area contributed by atoms with Gasteiger partial charge in [-0.25, -0.2) is 4.39 Å². The Morgan fingerprint density at radius 2 is 2.06 bits per heavy atom. The molecule has 0 radical (unpaired) electrons. The molecule has 0 aliphatic heterocycles. The van der Waals surface area contributed by atoms with Gasteiger partial charge < -0.3 is 0 Å². The van der Waals surface area contributed by atoms with E-state index in [1.807, 2.05) is 19.9 Å². The smallest absolute Gasteiger partial charge is 0.145 e. The van der Waals surface area contributed by atoms with Gasteiger partial charge in [0, 0.05) is 5.92 Å². The van der Waals surface area contributed by atoms with E-state index in [2.05, 4.69) is 0 Å².